The van der Waals surface area contributed by atoms with E-state index in [0.29, 0.717) is 30.0 Å². The molecule has 0 bridgehead atoms. The predicted molar refractivity (Wildman–Crippen MR) is 116 cm³/mol. The number of nitrogens with one attached hydrogen (secondary N) is 1. The molecule has 10 nitrogen and oxygen atoms in total. The first-order valence-electron chi connectivity index (χ1n) is 10.8. The van der Waals surface area contributed by atoms with Crippen LogP contribution in [-0.4, -0.2) is 47.2 Å². The SMILES string of the molecule is COc1ccc2c(c1)[C@]1(C(=O)N2)[C@@H]2C(=O)N(c3ccc([N+](=O)[O-])cc3)C(=O)[C@H]2[C@@H]2CCCN21. The minimum absolute atomic E-state index is 0.132. The lowest BCUT2D eigenvalue weighted by Gasteiger charge is -2.36. The molecule has 3 fully saturated rings. The number of methoxy groups -OCH3 is 1. The van der Waals surface area contributed by atoms with Crippen molar-refractivity contribution in [3.8, 4) is 5.75 Å². The van der Waals surface area contributed by atoms with Crippen LogP contribution in [0.5, 0.6) is 5.75 Å². The van der Waals surface area contributed by atoms with Gasteiger partial charge in [-0.15, -0.1) is 0 Å². The summed E-state index contributed by atoms with van der Waals surface area (Å²) in [5.41, 5.74) is 0.110. The van der Waals surface area contributed by atoms with Gasteiger partial charge in [0.25, 0.3) is 5.69 Å². The van der Waals surface area contributed by atoms with E-state index in [4.69, 9.17) is 4.74 Å². The molecule has 0 radical (unpaired) electrons. The van der Waals surface area contributed by atoms with Gasteiger partial charge in [0.1, 0.15) is 11.3 Å². The summed E-state index contributed by atoms with van der Waals surface area (Å²) in [7, 11) is 1.54. The van der Waals surface area contributed by atoms with Crippen LogP contribution in [0.15, 0.2) is 42.5 Å². The Morgan fingerprint density at radius 1 is 1.12 bits per heavy atom. The van der Waals surface area contributed by atoms with Crippen LogP contribution in [0.25, 0.3) is 0 Å². The fourth-order valence-corrected chi connectivity index (χ4v) is 6.29. The fourth-order valence-electron chi connectivity index (χ4n) is 6.29. The normalized spacial score (nSPS) is 29.9. The quantitative estimate of drug-likeness (QED) is 0.433. The number of carbonyl (C=O) groups excluding carboxylic acids is 3. The zero-order valence-corrected chi connectivity index (χ0v) is 17.7. The topological polar surface area (TPSA) is 122 Å². The van der Waals surface area contributed by atoms with Gasteiger partial charge in [0.2, 0.25) is 17.7 Å². The van der Waals surface area contributed by atoms with Gasteiger partial charge in [-0.2, -0.15) is 0 Å². The van der Waals surface area contributed by atoms with Crippen molar-refractivity contribution in [1.29, 1.82) is 0 Å². The minimum Gasteiger partial charge on any atom is -0.497 e. The maximum Gasteiger partial charge on any atom is 0.269 e. The van der Waals surface area contributed by atoms with Crippen LogP contribution in [0.4, 0.5) is 17.1 Å². The second-order valence-corrected chi connectivity index (χ2v) is 8.82. The highest BCUT2D eigenvalue weighted by molar-refractivity contribution is 6.25. The van der Waals surface area contributed by atoms with Crippen molar-refractivity contribution in [2.24, 2.45) is 11.8 Å². The standard InChI is InChI=1S/C23H20N4O6/c1-33-14-8-9-16-15(11-14)23(22(30)24-16)19-18(17-3-2-10-25(17)23)20(28)26(21(19)29)12-4-6-13(7-5-12)27(31)32/h4-9,11,17-19H,2-3,10H2,1H3,(H,24,30)/t17-,18-,19-,23+/m0/s1. The molecule has 0 aliphatic carbocycles. The monoisotopic (exact) mass is 448 g/mol. The van der Waals surface area contributed by atoms with Crippen molar-refractivity contribution < 1.29 is 24.0 Å². The Labute approximate surface area is 188 Å². The summed E-state index contributed by atoms with van der Waals surface area (Å²) in [5.74, 6) is -2.13. The summed E-state index contributed by atoms with van der Waals surface area (Å²) >= 11 is 0. The molecule has 0 unspecified atom stereocenters. The number of amides is 3. The van der Waals surface area contributed by atoms with E-state index < -0.39 is 28.2 Å². The first-order chi connectivity index (χ1) is 15.9. The largest absolute Gasteiger partial charge is 0.497 e. The number of ether oxygens (including phenoxy) is 1. The van der Waals surface area contributed by atoms with Crippen LogP contribution < -0.4 is 15.0 Å². The predicted octanol–water partition coefficient (Wildman–Crippen LogP) is 2.03. The van der Waals surface area contributed by atoms with Gasteiger partial charge < -0.3 is 10.1 Å². The van der Waals surface area contributed by atoms with E-state index in [1.165, 1.54) is 31.4 Å². The lowest BCUT2D eigenvalue weighted by atomic mass is 9.75. The number of nitro groups is 1. The molecule has 2 aromatic carbocycles. The van der Waals surface area contributed by atoms with Crippen LogP contribution in [0, 0.1) is 22.0 Å². The Morgan fingerprint density at radius 3 is 2.58 bits per heavy atom. The molecule has 4 aliphatic rings. The van der Waals surface area contributed by atoms with Crippen molar-refractivity contribution >= 4 is 34.8 Å². The van der Waals surface area contributed by atoms with Gasteiger partial charge >= 0.3 is 0 Å². The highest BCUT2D eigenvalue weighted by Crippen LogP contribution is 2.61. The van der Waals surface area contributed by atoms with Crippen LogP contribution in [-0.2, 0) is 19.9 Å². The van der Waals surface area contributed by atoms with E-state index in [1.807, 2.05) is 4.90 Å². The van der Waals surface area contributed by atoms with Gasteiger partial charge in [0, 0.05) is 29.4 Å². The second-order valence-electron chi connectivity index (χ2n) is 8.82. The van der Waals surface area contributed by atoms with Crippen LogP contribution in [0.1, 0.15) is 18.4 Å². The Morgan fingerprint density at radius 2 is 1.88 bits per heavy atom. The van der Waals surface area contributed by atoms with Crippen molar-refractivity contribution in [2.75, 3.05) is 23.9 Å². The van der Waals surface area contributed by atoms with E-state index in [-0.39, 0.29) is 29.2 Å². The van der Waals surface area contributed by atoms with Crippen molar-refractivity contribution in [3.05, 3.63) is 58.1 Å². The van der Waals surface area contributed by atoms with Gasteiger partial charge in [0.05, 0.1) is 29.6 Å². The molecular formula is C23H20N4O6. The zero-order chi connectivity index (χ0) is 23.1. The molecule has 168 valence electrons. The van der Waals surface area contributed by atoms with Gasteiger partial charge in [0.15, 0.2) is 0 Å². The van der Waals surface area contributed by atoms with E-state index in [9.17, 15) is 24.5 Å². The van der Waals surface area contributed by atoms with Crippen LogP contribution in [0.3, 0.4) is 0 Å². The highest BCUT2D eigenvalue weighted by Gasteiger charge is 2.74. The van der Waals surface area contributed by atoms with Crippen LogP contribution in [0.2, 0.25) is 0 Å². The molecule has 2 aromatic rings. The summed E-state index contributed by atoms with van der Waals surface area (Å²) in [6, 6.07) is 10.4. The number of hydrogen-bond donors (Lipinski definition) is 1. The molecule has 0 saturated carbocycles. The van der Waals surface area contributed by atoms with E-state index in [1.54, 1.807) is 18.2 Å². The molecule has 6 rings (SSSR count). The molecule has 0 aromatic heterocycles. The lowest BCUT2D eigenvalue weighted by Crippen LogP contribution is -2.54. The molecule has 4 aliphatic heterocycles. The summed E-state index contributed by atoms with van der Waals surface area (Å²) < 4.78 is 5.39. The number of benzene rings is 2. The summed E-state index contributed by atoms with van der Waals surface area (Å²) in [6.45, 7) is 0.611. The Hall–Kier alpha value is -3.79. The van der Waals surface area contributed by atoms with Gasteiger partial charge in [-0.3, -0.25) is 29.4 Å². The number of nitro benzene ring substituents is 1. The number of non-ortho nitro benzene ring substituents is 1. The summed E-state index contributed by atoms with van der Waals surface area (Å²) in [6.07, 6.45) is 1.53. The maximum atomic E-state index is 13.9. The third-order valence-corrected chi connectivity index (χ3v) is 7.52. The second kappa shape index (κ2) is 6.61. The highest BCUT2D eigenvalue weighted by atomic mass is 16.6. The van der Waals surface area contributed by atoms with E-state index in [0.717, 1.165) is 11.3 Å². The minimum atomic E-state index is -1.29. The van der Waals surface area contributed by atoms with Gasteiger partial charge in [-0.05, 0) is 49.7 Å². The Kier molecular flexibility index (Phi) is 3.98. The maximum absolute atomic E-state index is 13.9. The number of fused-ring (bicyclic) bond motifs is 7. The lowest BCUT2D eigenvalue weighted by molar-refractivity contribution is -0.384. The molecule has 1 N–H and O–H groups in total. The van der Waals surface area contributed by atoms with Crippen molar-refractivity contribution in [3.63, 3.8) is 0 Å². The third kappa shape index (κ3) is 2.33. The number of rotatable bonds is 3. The molecule has 3 saturated heterocycles. The van der Waals surface area contributed by atoms with Gasteiger partial charge in [-0.25, -0.2) is 4.90 Å². The number of nitrogens with zero attached hydrogens (tertiary/aromatic N) is 3. The molecule has 4 heterocycles. The van der Waals surface area contributed by atoms with E-state index >= 15 is 0 Å². The average Bonchev–Trinajstić information content (AvgIpc) is 3.51. The molecular weight excluding hydrogens is 428 g/mol. The van der Waals surface area contributed by atoms with Gasteiger partial charge in [-0.1, -0.05) is 0 Å². The van der Waals surface area contributed by atoms with Crippen LogP contribution >= 0.6 is 0 Å². The number of imide groups is 1. The molecule has 3 amide bonds. The Balaban J connectivity index is 1.51. The molecule has 1 spiro atoms. The molecule has 10 heteroatoms. The third-order valence-electron chi connectivity index (χ3n) is 7.52. The van der Waals surface area contributed by atoms with E-state index in [2.05, 4.69) is 5.32 Å². The number of hydrogen-bond acceptors (Lipinski definition) is 7. The Bertz CT molecular complexity index is 1240. The number of carbonyl (C=O) groups is 3. The first-order valence-corrected chi connectivity index (χ1v) is 10.8. The average molecular weight is 448 g/mol. The smallest absolute Gasteiger partial charge is 0.269 e. The van der Waals surface area contributed by atoms with Crippen molar-refractivity contribution in [2.45, 2.75) is 24.4 Å². The van der Waals surface area contributed by atoms with Crippen molar-refractivity contribution in [1.82, 2.24) is 4.90 Å². The summed E-state index contributed by atoms with van der Waals surface area (Å²) in [4.78, 5) is 54.7. The molecule has 33 heavy (non-hydrogen) atoms. The summed E-state index contributed by atoms with van der Waals surface area (Å²) in [5, 5.41) is 13.9. The zero-order valence-electron chi connectivity index (χ0n) is 17.7. The molecule has 4 atom stereocenters. The fraction of sp³-hybridized carbons (Fsp3) is 0.348. The number of anilines is 2. The first kappa shape index (κ1) is 19.9.